The van der Waals surface area contributed by atoms with Gasteiger partial charge in [-0.05, 0) is 36.4 Å². The quantitative estimate of drug-likeness (QED) is 0.825. The maximum Gasteiger partial charge on any atom is 0.303 e. The molecule has 4 rings (SSSR count). The third-order valence-corrected chi connectivity index (χ3v) is 5.20. The van der Waals surface area contributed by atoms with E-state index in [-0.39, 0.29) is 5.56 Å². The Hall–Kier alpha value is -2.44. The number of piperazine rings is 1. The highest BCUT2D eigenvalue weighted by Gasteiger charge is 2.38. The van der Waals surface area contributed by atoms with E-state index in [1.165, 1.54) is 28.0 Å². The highest BCUT2D eigenvalue weighted by Crippen LogP contribution is 2.28. The Kier molecular flexibility index (Phi) is 4.38. The number of carbonyl (C=O) groups excluding carboxylic acids is 2. The second-order valence-electron chi connectivity index (χ2n) is 6.60. The van der Waals surface area contributed by atoms with E-state index >= 15 is 0 Å². The molecule has 5 nitrogen and oxygen atoms in total. The smallest absolute Gasteiger partial charge is 0.303 e. The number of nitrogens with one attached hydrogen (secondary N) is 1. The van der Waals surface area contributed by atoms with Gasteiger partial charge in [-0.2, -0.15) is 0 Å². The average Bonchev–Trinajstić information content (AvgIpc) is 2.87. The summed E-state index contributed by atoms with van der Waals surface area (Å²) in [6.45, 7) is 3.64. The summed E-state index contributed by atoms with van der Waals surface area (Å²) in [5.74, 6) is -1.58. The molecule has 1 amide bonds. The molecule has 0 aliphatic carbocycles. The fraction of sp³-hybridized carbons (Fsp3) is 0.263. The van der Waals surface area contributed by atoms with Crippen LogP contribution in [0.4, 0.5) is 15.8 Å². The molecule has 7 heteroatoms. The van der Waals surface area contributed by atoms with Crippen LogP contribution in [0.2, 0.25) is 5.02 Å². The van der Waals surface area contributed by atoms with Gasteiger partial charge in [-0.15, -0.1) is 0 Å². The van der Waals surface area contributed by atoms with Crippen molar-refractivity contribution in [2.45, 2.75) is 0 Å². The number of quaternary nitrogens is 1. The molecule has 1 fully saturated rings. The molecule has 26 heavy (non-hydrogen) atoms. The number of hydrogen-bond donors (Lipinski definition) is 1. The lowest BCUT2D eigenvalue weighted by molar-refractivity contribution is -0.899. The molecular formula is C19H18ClFN3O2+. The van der Waals surface area contributed by atoms with Crippen LogP contribution in [0, 0.1) is 5.82 Å². The summed E-state index contributed by atoms with van der Waals surface area (Å²) in [4.78, 5) is 29.2. The normalized spacial score (nSPS) is 17.8. The minimum absolute atomic E-state index is 0.286. The van der Waals surface area contributed by atoms with E-state index in [1.807, 2.05) is 24.3 Å². The molecule has 2 aliphatic heterocycles. The predicted molar refractivity (Wildman–Crippen MR) is 97.4 cm³/mol. The first-order chi connectivity index (χ1) is 12.5. The fourth-order valence-electron chi connectivity index (χ4n) is 3.56. The topological polar surface area (TPSA) is 45.1 Å². The van der Waals surface area contributed by atoms with Crippen molar-refractivity contribution in [1.82, 2.24) is 0 Å². The lowest BCUT2D eigenvalue weighted by atomic mass is 10.1. The maximum atomic E-state index is 13.6. The number of carbonyl (C=O) groups is 2. The zero-order valence-electron chi connectivity index (χ0n) is 14.0. The summed E-state index contributed by atoms with van der Waals surface area (Å²) >= 11 is 6.06. The van der Waals surface area contributed by atoms with Gasteiger partial charge in [0.05, 0.1) is 37.4 Å². The fourth-order valence-corrected chi connectivity index (χ4v) is 3.74. The SMILES string of the molecule is O=C1C(=O)N(C[NH+]2CCN(c3cccc(Cl)c3)CC2)c2cc(F)ccc21. The first-order valence-corrected chi connectivity index (χ1v) is 8.90. The maximum absolute atomic E-state index is 13.6. The number of hydrogen-bond acceptors (Lipinski definition) is 3. The summed E-state index contributed by atoms with van der Waals surface area (Å²) in [6, 6.07) is 11.6. The van der Waals surface area contributed by atoms with Gasteiger partial charge in [0.15, 0.2) is 6.67 Å². The summed E-state index contributed by atoms with van der Waals surface area (Å²) < 4.78 is 13.6. The Balaban J connectivity index is 1.44. The molecule has 134 valence electrons. The average molecular weight is 375 g/mol. The van der Waals surface area contributed by atoms with E-state index in [9.17, 15) is 14.0 Å². The molecule has 1 N–H and O–H groups in total. The molecule has 1 saturated heterocycles. The van der Waals surface area contributed by atoms with Gasteiger partial charge in [0, 0.05) is 10.7 Å². The van der Waals surface area contributed by atoms with Crippen molar-refractivity contribution < 1.29 is 18.9 Å². The number of rotatable bonds is 3. The molecule has 2 heterocycles. The highest BCUT2D eigenvalue weighted by molar-refractivity contribution is 6.52. The van der Waals surface area contributed by atoms with E-state index in [1.54, 1.807) is 0 Å². The van der Waals surface area contributed by atoms with Crippen LogP contribution in [0.1, 0.15) is 10.4 Å². The van der Waals surface area contributed by atoms with Crippen LogP contribution >= 0.6 is 11.6 Å². The van der Waals surface area contributed by atoms with Crippen molar-refractivity contribution in [2.75, 3.05) is 42.6 Å². The number of Topliss-reactive ketones (excluding diaryl/α,β-unsaturated/α-hetero) is 1. The van der Waals surface area contributed by atoms with Crippen molar-refractivity contribution >= 4 is 34.7 Å². The van der Waals surface area contributed by atoms with Crippen molar-refractivity contribution in [2.24, 2.45) is 0 Å². The molecule has 0 spiro atoms. The van der Waals surface area contributed by atoms with Gasteiger partial charge in [-0.25, -0.2) is 4.39 Å². The first-order valence-electron chi connectivity index (χ1n) is 8.53. The number of ketones is 1. The molecule has 0 radical (unpaired) electrons. The van der Waals surface area contributed by atoms with E-state index in [0.29, 0.717) is 17.4 Å². The Bertz CT molecular complexity index is 881. The molecule has 2 aromatic rings. The summed E-state index contributed by atoms with van der Waals surface area (Å²) in [7, 11) is 0. The van der Waals surface area contributed by atoms with Crippen LogP contribution in [-0.4, -0.2) is 44.5 Å². The Labute approximate surface area is 155 Å². The predicted octanol–water partition coefficient (Wildman–Crippen LogP) is 1.37. The molecule has 0 saturated carbocycles. The second kappa shape index (κ2) is 6.70. The minimum Gasteiger partial charge on any atom is -0.360 e. The largest absolute Gasteiger partial charge is 0.360 e. The number of benzene rings is 2. The van der Waals surface area contributed by atoms with Gasteiger partial charge in [-0.1, -0.05) is 17.7 Å². The summed E-state index contributed by atoms with van der Waals surface area (Å²) in [5.41, 5.74) is 1.74. The second-order valence-corrected chi connectivity index (χ2v) is 7.04. The lowest BCUT2D eigenvalue weighted by Crippen LogP contribution is -3.16. The van der Waals surface area contributed by atoms with E-state index in [4.69, 9.17) is 11.6 Å². The minimum atomic E-state index is -0.574. The Morgan fingerprint density at radius 3 is 2.58 bits per heavy atom. The molecule has 0 bridgehead atoms. The highest BCUT2D eigenvalue weighted by atomic mass is 35.5. The van der Waals surface area contributed by atoms with Crippen LogP contribution < -0.4 is 14.7 Å². The number of amides is 1. The van der Waals surface area contributed by atoms with Crippen LogP contribution in [0.15, 0.2) is 42.5 Å². The first kappa shape index (κ1) is 17.0. The summed E-state index contributed by atoms with van der Waals surface area (Å²) in [6.07, 6.45) is 0. The van der Waals surface area contributed by atoms with Crippen LogP contribution in [-0.2, 0) is 4.79 Å². The van der Waals surface area contributed by atoms with Crippen LogP contribution in [0.5, 0.6) is 0 Å². The summed E-state index contributed by atoms with van der Waals surface area (Å²) in [5, 5.41) is 0.706. The van der Waals surface area contributed by atoms with E-state index in [2.05, 4.69) is 4.90 Å². The van der Waals surface area contributed by atoms with Crippen molar-refractivity contribution in [1.29, 1.82) is 0 Å². The molecule has 0 aromatic heterocycles. The zero-order valence-corrected chi connectivity index (χ0v) is 14.8. The van der Waals surface area contributed by atoms with Gasteiger partial charge in [0.1, 0.15) is 5.82 Å². The zero-order chi connectivity index (χ0) is 18.3. The third kappa shape index (κ3) is 3.06. The van der Waals surface area contributed by atoms with Gasteiger partial charge < -0.3 is 9.80 Å². The molecule has 0 unspecified atom stereocenters. The van der Waals surface area contributed by atoms with E-state index in [0.717, 1.165) is 31.9 Å². The van der Waals surface area contributed by atoms with Gasteiger partial charge in [0.25, 0.3) is 5.78 Å². The molecular weight excluding hydrogens is 357 g/mol. The molecule has 2 aliphatic rings. The van der Waals surface area contributed by atoms with E-state index < -0.39 is 17.5 Å². The third-order valence-electron chi connectivity index (χ3n) is 4.96. The van der Waals surface area contributed by atoms with Gasteiger partial charge >= 0.3 is 5.91 Å². The Morgan fingerprint density at radius 2 is 1.85 bits per heavy atom. The Morgan fingerprint density at radius 1 is 1.08 bits per heavy atom. The lowest BCUT2D eigenvalue weighted by Gasteiger charge is -2.35. The van der Waals surface area contributed by atoms with Crippen molar-refractivity contribution in [3.63, 3.8) is 0 Å². The number of halogens is 2. The number of nitrogens with zero attached hydrogens (tertiary/aromatic N) is 2. The molecule has 2 aromatic carbocycles. The van der Waals surface area contributed by atoms with Crippen molar-refractivity contribution in [3.8, 4) is 0 Å². The molecule has 0 atom stereocenters. The van der Waals surface area contributed by atoms with Crippen LogP contribution in [0.3, 0.4) is 0 Å². The number of anilines is 2. The standard InChI is InChI=1S/C19H17ClFN3O2/c20-13-2-1-3-15(10-13)23-8-6-22(7-9-23)12-24-17-11-14(21)4-5-16(17)18(25)19(24)26/h1-5,10-11H,6-9,12H2/p+1. The van der Waals surface area contributed by atoms with Gasteiger partial charge in [0.2, 0.25) is 0 Å². The number of fused-ring (bicyclic) bond motifs is 1. The van der Waals surface area contributed by atoms with Gasteiger partial charge in [-0.3, -0.25) is 14.5 Å². The van der Waals surface area contributed by atoms with Crippen molar-refractivity contribution in [3.05, 3.63) is 58.9 Å². The van der Waals surface area contributed by atoms with Crippen LogP contribution in [0.25, 0.3) is 0 Å². The monoisotopic (exact) mass is 374 g/mol.